The molecular weight excluding hydrogens is 258 g/mol. The number of nitrogens with zero attached hydrogens (tertiary/aromatic N) is 1. The van der Waals surface area contributed by atoms with Crippen LogP contribution in [0.1, 0.15) is 11.1 Å². The third-order valence-electron chi connectivity index (χ3n) is 3.93. The molecule has 0 N–H and O–H groups in total. The van der Waals surface area contributed by atoms with Gasteiger partial charge in [0.1, 0.15) is 11.2 Å². The highest BCUT2D eigenvalue weighted by Crippen LogP contribution is 2.37. The van der Waals surface area contributed by atoms with Gasteiger partial charge in [-0.25, -0.2) is 0 Å². The summed E-state index contributed by atoms with van der Waals surface area (Å²) >= 11 is 0. The van der Waals surface area contributed by atoms with Gasteiger partial charge in [0, 0.05) is 22.5 Å². The summed E-state index contributed by atoms with van der Waals surface area (Å²) in [7, 11) is 0. The van der Waals surface area contributed by atoms with Gasteiger partial charge in [-0.15, -0.1) is 0 Å². The molecule has 0 bridgehead atoms. The summed E-state index contributed by atoms with van der Waals surface area (Å²) in [4.78, 5) is 4.49. The van der Waals surface area contributed by atoms with Crippen LogP contribution in [0.15, 0.2) is 59.1 Å². The fourth-order valence-electron chi connectivity index (χ4n) is 2.87. The molecule has 4 rings (SSSR count). The van der Waals surface area contributed by atoms with Crippen molar-refractivity contribution in [3.63, 3.8) is 0 Å². The number of pyridine rings is 1. The van der Waals surface area contributed by atoms with Crippen LogP contribution in [0, 0.1) is 13.8 Å². The van der Waals surface area contributed by atoms with Crippen molar-refractivity contribution in [1.29, 1.82) is 0 Å². The number of furan rings is 1. The second-order valence-corrected chi connectivity index (χ2v) is 5.45. The molecule has 21 heavy (non-hydrogen) atoms. The van der Waals surface area contributed by atoms with Crippen LogP contribution in [-0.4, -0.2) is 4.98 Å². The number of benzene rings is 2. The third kappa shape index (κ3) is 1.83. The Hall–Kier alpha value is -2.61. The zero-order valence-electron chi connectivity index (χ0n) is 12.1. The quantitative estimate of drug-likeness (QED) is 0.472. The van der Waals surface area contributed by atoms with E-state index in [1.807, 2.05) is 24.4 Å². The molecule has 2 aromatic heterocycles. The molecule has 0 amide bonds. The Balaban J connectivity index is 2.15. The van der Waals surface area contributed by atoms with E-state index in [0.29, 0.717) is 0 Å². The highest BCUT2D eigenvalue weighted by molar-refractivity contribution is 6.10. The lowest BCUT2D eigenvalue weighted by molar-refractivity contribution is 0.669. The predicted octanol–water partition coefficient (Wildman–Crippen LogP) is 5.26. The van der Waals surface area contributed by atoms with E-state index in [0.717, 1.165) is 33.2 Å². The minimum absolute atomic E-state index is 0.925. The first-order valence-electron chi connectivity index (χ1n) is 7.08. The van der Waals surface area contributed by atoms with Crippen LogP contribution in [0.25, 0.3) is 33.2 Å². The summed E-state index contributed by atoms with van der Waals surface area (Å²) in [6, 6.07) is 16.6. The number of hydrogen-bond donors (Lipinski definition) is 0. The van der Waals surface area contributed by atoms with Crippen molar-refractivity contribution < 1.29 is 4.42 Å². The lowest BCUT2D eigenvalue weighted by Crippen LogP contribution is -1.86. The average molecular weight is 273 g/mol. The van der Waals surface area contributed by atoms with Crippen molar-refractivity contribution >= 4 is 21.9 Å². The van der Waals surface area contributed by atoms with Crippen molar-refractivity contribution in [3.8, 4) is 11.3 Å². The molecule has 0 radical (unpaired) electrons. The largest absolute Gasteiger partial charge is 0.455 e. The summed E-state index contributed by atoms with van der Waals surface area (Å²) in [5.41, 5.74) is 6.29. The van der Waals surface area contributed by atoms with Gasteiger partial charge in [0.15, 0.2) is 0 Å². The Morgan fingerprint density at radius 3 is 2.57 bits per heavy atom. The van der Waals surface area contributed by atoms with Crippen LogP contribution >= 0.6 is 0 Å². The maximum absolute atomic E-state index is 6.16. The van der Waals surface area contributed by atoms with Gasteiger partial charge in [-0.05, 0) is 43.2 Å². The van der Waals surface area contributed by atoms with Crippen molar-refractivity contribution in [2.75, 3.05) is 0 Å². The standard InChI is InChI=1S/C19H15NO/c1-12-6-8-14-15-9-7-13(2)18(16-5-3-4-10-20-16)19(15)21-17(14)11-12/h3-11H,1-2H3. The van der Waals surface area contributed by atoms with Crippen LogP contribution in [0.5, 0.6) is 0 Å². The molecule has 4 aromatic rings. The zero-order chi connectivity index (χ0) is 14.4. The Labute approximate surface area is 123 Å². The summed E-state index contributed by atoms with van der Waals surface area (Å²) in [5, 5.41) is 2.31. The van der Waals surface area contributed by atoms with Crippen LogP contribution < -0.4 is 0 Å². The molecule has 0 fully saturated rings. The van der Waals surface area contributed by atoms with Gasteiger partial charge < -0.3 is 4.42 Å². The van der Waals surface area contributed by atoms with Crippen molar-refractivity contribution in [1.82, 2.24) is 4.98 Å². The first kappa shape index (κ1) is 12.2. The topological polar surface area (TPSA) is 26.0 Å². The molecule has 0 atom stereocenters. The molecule has 2 nitrogen and oxygen atoms in total. The van der Waals surface area contributed by atoms with Crippen molar-refractivity contribution in [3.05, 3.63) is 65.9 Å². The van der Waals surface area contributed by atoms with Gasteiger partial charge >= 0.3 is 0 Å². The lowest BCUT2D eigenvalue weighted by atomic mass is 10.0. The number of fused-ring (bicyclic) bond motifs is 3. The fourth-order valence-corrected chi connectivity index (χ4v) is 2.87. The molecule has 0 aliphatic carbocycles. The predicted molar refractivity (Wildman–Crippen MR) is 86.4 cm³/mol. The molecule has 0 spiro atoms. The fraction of sp³-hybridized carbons (Fsp3) is 0.105. The number of hydrogen-bond acceptors (Lipinski definition) is 2. The van der Waals surface area contributed by atoms with Crippen LogP contribution in [-0.2, 0) is 0 Å². The highest BCUT2D eigenvalue weighted by Gasteiger charge is 2.15. The number of rotatable bonds is 1. The molecular formula is C19H15NO. The molecule has 102 valence electrons. The number of aromatic nitrogens is 1. The Bertz CT molecular complexity index is 952. The van der Waals surface area contributed by atoms with Gasteiger partial charge in [0.25, 0.3) is 0 Å². The van der Waals surface area contributed by atoms with E-state index in [4.69, 9.17) is 4.42 Å². The average Bonchev–Trinajstić information content (AvgIpc) is 2.85. The van der Waals surface area contributed by atoms with E-state index in [9.17, 15) is 0 Å². The monoisotopic (exact) mass is 273 g/mol. The maximum atomic E-state index is 6.16. The molecule has 0 unspecified atom stereocenters. The first-order valence-corrected chi connectivity index (χ1v) is 7.08. The Morgan fingerprint density at radius 1 is 0.905 bits per heavy atom. The normalized spacial score (nSPS) is 11.3. The Morgan fingerprint density at radius 2 is 1.76 bits per heavy atom. The van der Waals surface area contributed by atoms with Gasteiger partial charge in [-0.2, -0.15) is 0 Å². The highest BCUT2D eigenvalue weighted by atomic mass is 16.3. The van der Waals surface area contributed by atoms with Gasteiger partial charge in [-0.3, -0.25) is 4.98 Å². The summed E-state index contributed by atoms with van der Waals surface area (Å²) in [6.45, 7) is 4.18. The lowest BCUT2D eigenvalue weighted by Gasteiger charge is -2.05. The smallest absolute Gasteiger partial charge is 0.145 e. The van der Waals surface area contributed by atoms with Gasteiger partial charge in [-0.1, -0.05) is 30.3 Å². The molecule has 0 aliphatic heterocycles. The van der Waals surface area contributed by atoms with E-state index in [2.05, 4.69) is 49.2 Å². The van der Waals surface area contributed by atoms with Crippen LogP contribution in [0.3, 0.4) is 0 Å². The van der Waals surface area contributed by atoms with Gasteiger partial charge in [0.2, 0.25) is 0 Å². The van der Waals surface area contributed by atoms with E-state index in [1.165, 1.54) is 11.1 Å². The first-order chi connectivity index (χ1) is 10.2. The van der Waals surface area contributed by atoms with E-state index >= 15 is 0 Å². The van der Waals surface area contributed by atoms with Crippen molar-refractivity contribution in [2.24, 2.45) is 0 Å². The van der Waals surface area contributed by atoms with E-state index in [-0.39, 0.29) is 0 Å². The van der Waals surface area contributed by atoms with Crippen molar-refractivity contribution in [2.45, 2.75) is 13.8 Å². The summed E-state index contributed by atoms with van der Waals surface area (Å²) in [5.74, 6) is 0. The summed E-state index contributed by atoms with van der Waals surface area (Å²) < 4.78 is 6.16. The SMILES string of the molecule is Cc1ccc2c(c1)oc1c(-c3ccccn3)c(C)ccc12. The molecule has 0 saturated heterocycles. The minimum atomic E-state index is 0.925. The van der Waals surface area contributed by atoms with E-state index < -0.39 is 0 Å². The number of aryl methyl sites for hydroxylation is 2. The van der Waals surface area contributed by atoms with E-state index in [1.54, 1.807) is 0 Å². The molecule has 2 aromatic carbocycles. The Kier molecular flexibility index (Phi) is 2.58. The zero-order valence-corrected chi connectivity index (χ0v) is 12.1. The minimum Gasteiger partial charge on any atom is -0.455 e. The van der Waals surface area contributed by atoms with Gasteiger partial charge in [0.05, 0.1) is 5.69 Å². The summed E-state index contributed by atoms with van der Waals surface area (Å²) in [6.07, 6.45) is 1.82. The third-order valence-corrected chi connectivity index (χ3v) is 3.93. The molecule has 0 saturated carbocycles. The second kappa shape index (κ2) is 4.45. The van der Waals surface area contributed by atoms with Crippen LogP contribution in [0.4, 0.5) is 0 Å². The molecule has 0 aliphatic rings. The second-order valence-electron chi connectivity index (χ2n) is 5.45. The molecule has 2 heteroatoms. The molecule has 2 heterocycles. The van der Waals surface area contributed by atoms with Crippen LogP contribution in [0.2, 0.25) is 0 Å². The maximum Gasteiger partial charge on any atom is 0.145 e.